The summed E-state index contributed by atoms with van der Waals surface area (Å²) in [6, 6.07) is 7.16. The molecule has 1 heterocycles. The minimum absolute atomic E-state index is 0.115. The van der Waals surface area contributed by atoms with Gasteiger partial charge < -0.3 is 15.2 Å². The van der Waals surface area contributed by atoms with Gasteiger partial charge in [0.05, 0.1) is 11.3 Å². The molecule has 0 bridgehead atoms. The van der Waals surface area contributed by atoms with Gasteiger partial charge in [0.1, 0.15) is 5.75 Å². The molecule has 0 saturated heterocycles. The maximum Gasteiger partial charge on any atom is 0.341 e. The van der Waals surface area contributed by atoms with E-state index in [2.05, 4.69) is 10.4 Å². The van der Waals surface area contributed by atoms with Crippen LogP contribution < -0.4 is 10.1 Å². The zero-order valence-corrected chi connectivity index (χ0v) is 14.7. The highest BCUT2D eigenvalue weighted by atomic mass is 16.5. The van der Waals surface area contributed by atoms with Crippen molar-refractivity contribution in [1.82, 2.24) is 15.1 Å². The number of nitrogens with one attached hydrogen (secondary N) is 1. The highest BCUT2D eigenvalue weighted by Gasteiger charge is 2.17. The van der Waals surface area contributed by atoms with Crippen molar-refractivity contribution in [1.29, 1.82) is 0 Å². The number of aliphatic carboxylic acids is 1. The Bertz CT molecular complexity index is 750. The van der Waals surface area contributed by atoms with Crippen LogP contribution in [0.2, 0.25) is 0 Å². The largest absolute Gasteiger partial charge is 0.482 e. The van der Waals surface area contributed by atoms with Gasteiger partial charge in [0.25, 0.3) is 5.91 Å². The summed E-state index contributed by atoms with van der Waals surface area (Å²) in [4.78, 5) is 22.8. The molecule has 2 N–H and O–H groups in total. The third kappa shape index (κ3) is 4.82. The van der Waals surface area contributed by atoms with Crippen molar-refractivity contribution in [2.45, 2.75) is 33.7 Å². The summed E-state index contributed by atoms with van der Waals surface area (Å²) < 4.78 is 6.90. The minimum Gasteiger partial charge on any atom is -0.482 e. The average Bonchev–Trinajstić information content (AvgIpc) is 2.87. The third-order valence-corrected chi connectivity index (χ3v) is 3.89. The number of carbonyl (C=O) groups is 2. The van der Waals surface area contributed by atoms with Crippen LogP contribution in [0.4, 0.5) is 0 Å². The lowest BCUT2D eigenvalue weighted by molar-refractivity contribution is -0.139. The average molecular weight is 345 g/mol. The molecule has 1 aromatic carbocycles. The number of benzene rings is 1. The highest BCUT2D eigenvalue weighted by Crippen LogP contribution is 2.14. The Kier molecular flexibility index (Phi) is 6.16. The van der Waals surface area contributed by atoms with E-state index in [0.717, 1.165) is 23.5 Å². The van der Waals surface area contributed by atoms with Gasteiger partial charge >= 0.3 is 5.97 Å². The van der Waals surface area contributed by atoms with E-state index in [1.165, 1.54) is 0 Å². The van der Waals surface area contributed by atoms with Gasteiger partial charge in [-0.15, -0.1) is 0 Å². The standard InChI is InChI=1S/C18H23N3O4/c1-4-21-13(3)17(12(2)20-21)18(24)19-10-9-14-5-7-15(8-6-14)25-11-16(22)23/h5-8H,4,9-11H2,1-3H3,(H,19,24)(H,22,23). The van der Waals surface area contributed by atoms with Crippen molar-refractivity contribution in [3.63, 3.8) is 0 Å². The number of carboxylic acid groups (broad SMARTS) is 1. The number of aryl methyl sites for hydroxylation is 2. The molecular weight excluding hydrogens is 322 g/mol. The van der Waals surface area contributed by atoms with Crippen LogP contribution in [0.3, 0.4) is 0 Å². The molecule has 1 amide bonds. The van der Waals surface area contributed by atoms with E-state index >= 15 is 0 Å². The molecular formula is C18H23N3O4. The molecule has 0 spiro atoms. The first-order chi connectivity index (χ1) is 11.9. The molecule has 0 unspecified atom stereocenters. The number of carbonyl (C=O) groups excluding carboxylic acids is 1. The summed E-state index contributed by atoms with van der Waals surface area (Å²) in [5.41, 5.74) is 3.27. The molecule has 2 rings (SSSR count). The zero-order valence-electron chi connectivity index (χ0n) is 14.7. The van der Waals surface area contributed by atoms with Gasteiger partial charge in [-0.3, -0.25) is 9.48 Å². The lowest BCUT2D eigenvalue weighted by atomic mass is 10.1. The number of rotatable bonds is 8. The number of nitrogens with zero attached hydrogens (tertiary/aromatic N) is 2. The van der Waals surface area contributed by atoms with Gasteiger partial charge in [-0.25, -0.2) is 4.79 Å². The van der Waals surface area contributed by atoms with E-state index in [0.29, 0.717) is 24.3 Å². The molecule has 0 atom stereocenters. The van der Waals surface area contributed by atoms with Crippen LogP contribution in [0.15, 0.2) is 24.3 Å². The Morgan fingerprint density at radius 3 is 2.48 bits per heavy atom. The second kappa shape index (κ2) is 8.32. The van der Waals surface area contributed by atoms with Crippen LogP contribution in [0.1, 0.15) is 34.2 Å². The van der Waals surface area contributed by atoms with Crippen LogP contribution in [0.25, 0.3) is 0 Å². The summed E-state index contributed by atoms with van der Waals surface area (Å²) in [6.45, 7) is 6.60. The molecule has 134 valence electrons. The van der Waals surface area contributed by atoms with E-state index in [-0.39, 0.29) is 12.5 Å². The number of carboxylic acids is 1. The fraction of sp³-hybridized carbons (Fsp3) is 0.389. The topological polar surface area (TPSA) is 93.5 Å². The van der Waals surface area contributed by atoms with Crippen LogP contribution in [-0.2, 0) is 17.8 Å². The Hall–Kier alpha value is -2.83. The molecule has 0 fully saturated rings. The molecule has 2 aromatic rings. The van der Waals surface area contributed by atoms with Crippen LogP contribution >= 0.6 is 0 Å². The first kappa shape index (κ1) is 18.5. The number of ether oxygens (including phenoxy) is 1. The van der Waals surface area contributed by atoms with Crippen molar-refractivity contribution in [3.8, 4) is 5.75 Å². The van der Waals surface area contributed by atoms with Crippen LogP contribution in [-0.4, -0.2) is 39.9 Å². The van der Waals surface area contributed by atoms with E-state index in [1.54, 1.807) is 12.1 Å². The van der Waals surface area contributed by atoms with Gasteiger partial charge in [0.2, 0.25) is 0 Å². The highest BCUT2D eigenvalue weighted by molar-refractivity contribution is 5.96. The van der Waals surface area contributed by atoms with E-state index in [4.69, 9.17) is 9.84 Å². The number of aromatic nitrogens is 2. The van der Waals surface area contributed by atoms with Gasteiger partial charge in [0, 0.05) is 18.8 Å². The summed E-state index contributed by atoms with van der Waals surface area (Å²) >= 11 is 0. The van der Waals surface area contributed by atoms with Crippen LogP contribution in [0, 0.1) is 13.8 Å². The lowest BCUT2D eigenvalue weighted by Crippen LogP contribution is -2.26. The number of hydrogen-bond donors (Lipinski definition) is 2. The molecule has 0 saturated carbocycles. The van der Waals surface area contributed by atoms with Gasteiger partial charge in [-0.2, -0.15) is 5.10 Å². The van der Waals surface area contributed by atoms with Crippen molar-refractivity contribution in [2.75, 3.05) is 13.2 Å². The first-order valence-corrected chi connectivity index (χ1v) is 8.18. The smallest absolute Gasteiger partial charge is 0.341 e. The Labute approximate surface area is 146 Å². The van der Waals surface area contributed by atoms with Crippen molar-refractivity contribution < 1.29 is 19.4 Å². The Morgan fingerprint density at radius 2 is 1.92 bits per heavy atom. The summed E-state index contributed by atoms with van der Waals surface area (Å²) in [6.07, 6.45) is 0.672. The molecule has 0 aliphatic rings. The number of hydrogen-bond acceptors (Lipinski definition) is 4. The monoisotopic (exact) mass is 345 g/mol. The quantitative estimate of drug-likeness (QED) is 0.763. The molecule has 0 aliphatic carbocycles. The Morgan fingerprint density at radius 1 is 1.24 bits per heavy atom. The van der Waals surface area contributed by atoms with Crippen LogP contribution in [0.5, 0.6) is 5.75 Å². The minimum atomic E-state index is -1.01. The predicted molar refractivity (Wildman–Crippen MR) is 93.0 cm³/mol. The zero-order chi connectivity index (χ0) is 18.4. The van der Waals surface area contributed by atoms with E-state index < -0.39 is 5.97 Å². The fourth-order valence-electron chi connectivity index (χ4n) is 2.64. The molecule has 1 aromatic heterocycles. The van der Waals surface area contributed by atoms with Crippen molar-refractivity contribution in [3.05, 3.63) is 46.8 Å². The maximum absolute atomic E-state index is 12.4. The number of amides is 1. The fourth-order valence-corrected chi connectivity index (χ4v) is 2.64. The molecule has 25 heavy (non-hydrogen) atoms. The second-order valence-corrected chi connectivity index (χ2v) is 5.69. The van der Waals surface area contributed by atoms with Gasteiger partial charge in [-0.05, 0) is 44.9 Å². The lowest BCUT2D eigenvalue weighted by Gasteiger charge is -2.07. The molecule has 7 heteroatoms. The van der Waals surface area contributed by atoms with Gasteiger partial charge in [0.15, 0.2) is 6.61 Å². The maximum atomic E-state index is 12.4. The normalized spacial score (nSPS) is 10.5. The SMILES string of the molecule is CCn1nc(C)c(C(=O)NCCc2ccc(OCC(=O)O)cc2)c1C. The predicted octanol–water partition coefficient (Wildman–Crippen LogP) is 1.96. The molecule has 7 nitrogen and oxygen atoms in total. The third-order valence-electron chi connectivity index (χ3n) is 3.89. The van der Waals surface area contributed by atoms with E-state index in [1.807, 2.05) is 37.6 Å². The molecule has 0 radical (unpaired) electrons. The van der Waals surface area contributed by atoms with E-state index in [9.17, 15) is 9.59 Å². The summed E-state index contributed by atoms with van der Waals surface area (Å²) in [5, 5.41) is 15.9. The molecule has 0 aliphatic heterocycles. The van der Waals surface area contributed by atoms with Gasteiger partial charge in [-0.1, -0.05) is 12.1 Å². The second-order valence-electron chi connectivity index (χ2n) is 5.69. The first-order valence-electron chi connectivity index (χ1n) is 8.18. The van der Waals surface area contributed by atoms with Crippen molar-refractivity contribution in [2.24, 2.45) is 0 Å². The summed E-state index contributed by atoms with van der Waals surface area (Å²) in [5.74, 6) is -0.617. The summed E-state index contributed by atoms with van der Waals surface area (Å²) in [7, 11) is 0. The van der Waals surface area contributed by atoms with Crippen molar-refractivity contribution >= 4 is 11.9 Å². The Balaban J connectivity index is 1.87.